The van der Waals surface area contributed by atoms with E-state index in [2.05, 4.69) is 14.7 Å². The molecule has 0 aliphatic carbocycles. The van der Waals surface area contributed by atoms with E-state index in [4.69, 9.17) is 4.74 Å². The molecule has 10 nitrogen and oxygen atoms in total. The van der Waals surface area contributed by atoms with Gasteiger partial charge in [0, 0.05) is 18.6 Å². The lowest BCUT2D eigenvalue weighted by Crippen LogP contribution is -2.81. The van der Waals surface area contributed by atoms with Crippen molar-refractivity contribution in [3.8, 4) is 0 Å². The quantitative estimate of drug-likeness (QED) is 0.164. The van der Waals surface area contributed by atoms with Crippen molar-refractivity contribution in [1.82, 2.24) is 19.6 Å². The number of nitrogens with one attached hydrogen (secondary N) is 1. The van der Waals surface area contributed by atoms with Crippen LogP contribution in [0.15, 0.2) is 33.1 Å². The lowest BCUT2D eigenvalue weighted by molar-refractivity contribution is -0.191. The Bertz CT molecular complexity index is 1200. The fourth-order valence-electron chi connectivity index (χ4n) is 3.36. The van der Waals surface area contributed by atoms with Crippen LogP contribution in [0.4, 0.5) is 0 Å². The predicted molar refractivity (Wildman–Crippen MR) is 128 cm³/mol. The van der Waals surface area contributed by atoms with Crippen LogP contribution in [0.25, 0.3) is 0 Å². The maximum atomic E-state index is 13.2. The number of rotatable bonds is 8. The van der Waals surface area contributed by atoms with Crippen molar-refractivity contribution >= 4 is 80.3 Å². The van der Waals surface area contributed by atoms with Crippen LogP contribution in [0.5, 0.6) is 0 Å². The molecular formula is C18H16N4O6S5. The summed E-state index contributed by atoms with van der Waals surface area (Å²) in [6.07, 6.45) is 0. The average Bonchev–Trinajstić information content (AvgIpc) is 3.47. The molecule has 2 aromatic heterocycles. The molecule has 0 unspecified atom stereocenters. The highest BCUT2D eigenvalue weighted by Crippen LogP contribution is 2.47. The molecule has 33 heavy (non-hydrogen) atoms. The van der Waals surface area contributed by atoms with E-state index in [0.29, 0.717) is 32.1 Å². The molecule has 174 valence electrons. The summed E-state index contributed by atoms with van der Waals surface area (Å²) < 4.78 is 21.8. The Morgan fingerprint density at radius 2 is 2.24 bits per heavy atom. The van der Waals surface area contributed by atoms with Crippen LogP contribution < -0.4 is 5.32 Å². The fraction of sp³-hybridized carbons (Fsp3) is 0.333. The van der Waals surface area contributed by atoms with Crippen LogP contribution in [-0.2, 0) is 30.4 Å². The van der Waals surface area contributed by atoms with E-state index in [0.717, 1.165) is 4.90 Å². The largest absolute Gasteiger partial charge is 0.477 e. The van der Waals surface area contributed by atoms with Gasteiger partial charge in [0.25, 0.3) is 17.5 Å². The SMILES string of the molecule is CO[C@@]1(NC(=O)C(=S=O)c2cccs2)C(=O)N2C(C(=O)O)=C(CSc3nc(C)ns3)CS[C@@H]21. The van der Waals surface area contributed by atoms with Crippen LogP contribution >= 0.6 is 46.4 Å². The number of β-lactam (4-membered cyclic amide) rings is 1. The van der Waals surface area contributed by atoms with E-state index in [1.165, 1.54) is 53.5 Å². The third kappa shape index (κ3) is 4.28. The Morgan fingerprint density at radius 3 is 2.82 bits per heavy atom. The fourth-order valence-corrected chi connectivity index (χ4v) is 7.77. The van der Waals surface area contributed by atoms with Crippen molar-refractivity contribution in [2.75, 3.05) is 18.6 Å². The molecule has 0 radical (unpaired) electrons. The van der Waals surface area contributed by atoms with Crippen molar-refractivity contribution in [3.05, 3.63) is 39.5 Å². The summed E-state index contributed by atoms with van der Waals surface area (Å²) in [4.78, 5) is 43.9. The summed E-state index contributed by atoms with van der Waals surface area (Å²) in [6, 6.07) is 3.33. The highest BCUT2D eigenvalue weighted by atomic mass is 32.2. The minimum Gasteiger partial charge on any atom is -0.477 e. The van der Waals surface area contributed by atoms with Gasteiger partial charge in [-0.05, 0) is 35.5 Å². The van der Waals surface area contributed by atoms with Crippen molar-refractivity contribution in [2.45, 2.75) is 22.4 Å². The molecule has 2 amide bonds. The Kier molecular flexibility index (Phi) is 7.07. The van der Waals surface area contributed by atoms with Crippen molar-refractivity contribution in [3.63, 3.8) is 0 Å². The van der Waals surface area contributed by atoms with Gasteiger partial charge in [-0.1, -0.05) is 17.8 Å². The van der Waals surface area contributed by atoms with Crippen molar-refractivity contribution in [1.29, 1.82) is 0 Å². The molecule has 2 atom stereocenters. The number of carbonyl (C=O) groups is 3. The lowest BCUT2D eigenvalue weighted by Gasteiger charge is -2.55. The third-order valence-corrected chi connectivity index (χ3v) is 9.82. The van der Waals surface area contributed by atoms with Crippen LogP contribution in [-0.4, -0.2) is 75.9 Å². The molecule has 1 saturated heterocycles. The van der Waals surface area contributed by atoms with Gasteiger partial charge in [0.05, 0.1) is 4.88 Å². The number of carboxylic acids is 1. The Balaban J connectivity index is 1.57. The Labute approximate surface area is 208 Å². The monoisotopic (exact) mass is 544 g/mol. The number of nitrogens with zero attached hydrogens (tertiary/aromatic N) is 3. The zero-order chi connectivity index (χ0) is 23.8. The van der Waals surface area contributed by atoms with Gasteiger partial charge >= 0.3 is 5.97 Å². The number of carbonyl (C=O) groups excluding carboxylic acids is 2. The van der Waals surface area contributed by atoms with E-state index in [9.17, 15) is 23.7 Å². The molecular weight excluding hydrogens is 529 g/mol. The standard InChI is InChI=1S/C18H16N4O6S5/c1-8-19-17(32-21-8)31-7-9-6-30-16-18(28-2,15(26)22(16)11(9)14(24)25)20-13(23)12(33-27)10-4-3-5-29-10/h3-5,16H,6-7H2,1-2H3,(H,20,23)(H,24,25)/t16-,18+/m1/s1. The molecule has 0 aromatic carbocycles. The number of thiophene rings is 1. The Morgan fingerprint density at radius 1 is 1.45 bits per heavy atom. The number of methoxy groups -OCH3 is 1. The van der Waals surface area contributed by atoms with Crippen LogP contribution in [0, 0.1) is 6.92 Å². The first-order valence-electron chi connectivity index (χ1n) is 9.24. The normalized spacial score (nSPS) is 21.9. The van der Waals surface area contributed by atoms with Gasteiger partial charge in [0.15, 0.2) is 4.34 Å². The van der Waals surface area contributed by atoms with E-state index in [-0.39, 0.29) is 21.8 Å². The minimum absolute atomic E-state index is 0.0257. The van der Waals surface area contributed by atoms with Gasteiger partial charge in [0.2, 0.25) is 0 Å². The molecule has 2 aliphatic heterocycles. The molecule has 0 bridgehead atoms. The van der Waals surface area contributed by atoms with Gasteiger partial charge in [-0.15, -0.1) is 23.1 Å². The molecule has 15 heteroatoms. The number of hydrogen-bond acceptors (Lipinski definition) is 11. The topological polar surface area (TPSA) is 139 Å². The van der Waals surface area contributed by atoms with E-state index in [1.807, 2.05) is 0 Å². The summed E-state index contributed by atoms with van der Waals surface area (Å²) in [7, 11) is 1.26. The highest BCUT2D eigenvalue weighted by Gasteiger charge is 2.66. The second-order valence-corrected chi connectivity index (χ2v) is 11.3. The lowest BCUT2D eigenvalue weighted by atomic mass is 9.98. The molecule has 2 N–H and O–H groups in total. The predicted octanol–water partition coefficient (Wildman–Crippen LogP) is 1.15. The van der Waals surface area contributed by atoms with Crippen molar-refractivity contribution < 1.29 is 28.4 Å². The molecule has 4 heterocycles. The van der Waals surface area contributed by atoms with Gasteiger partial charge in [-0.3, -0.25) is 14.5 Å². The van der Waals surface area contributed by atoms with Crippen LogP contribution in [0.2, 0.25) is 0 Å². The zero-order valence-electron chi connectivity index (χ0n) is 17.1. The summed E-state index contributed by atoms with van der Waals surface area (Å²) in [5.41, 5.74) is -1.33. The number of hydrogen-bond donors (Lipinski definition) is 2. The maximum Gasteiger partial charge on any atom is 0.352 e. The number of aromatic nitrogens is 2. The highest BCUT2D eigenvalue weighted by molar-refractivity contribution is 8.01. The van der Waals surface area contributed by atoms with E-state index >= 15 is 0 Å². The number of amides is 2. The number of aliphatic carboxylic acids is 1. The van der Waals surface area contributed by atoms with Crippen LogP contribution in [0.3, 0.4) is 0 Å². The molecule has 2 aromatic rings. The molecule has 0 spiro atoms. The smallest absolute Gasteiger partial charge is 0.352 e. The second kappa shape index (κ2) is 9.68. The number of thioether (sulfide) groups is 2. The number of fused-ring (bicyclic) bond motifs is 1. The van der Waals surface area contributed by atoms with E-state index in [1.54, 1.807) is 24.4 Å². The summed E-state index contributed by atoms with van der Waals surface area (Å²) in [6.45, 7) is 1.77. The minimum atomic E-state index is -1.77. The number of carboxylic acid groups (broad SMARTS) is 1. The van der Waals surface area contributed by atoms with Gasteiger partial charge < -0.3 is 15.2 Å². The summed E-state index contributed by atoms with van der Waals surface area (Å²) in [5, 5.41) is 13.3. The third-order valence-electron chi connectivity index (χ3n) is 4.85. The first kappa shape index (κ1) is 24.1. The number of aryl methyl sites for hydroxylation is 1. The second-order valence-electron chi connectivity index (χ2n) is 6.78. The summed E-state index contributed by atoms with van der Waals surface area (Å²) >= 11 is 5.11. The van der Waals surface area contributed by atoms with Gasteiger partial charge in [-0.2, -0.15) is 4.37 Å². The molecule has 1 fully saturated rings. The van der Waals surface area contributed by atoms with Crippen LogP contribution in [0.1, 0.15) is 10.7 Å². The summed E-state index contributed by atoms with van der Waals surface area (Å²) in [5.74, 6) is -1.41. The van der Waals surface area contributed by atoms with Crippen molar-refractivity contribution in [2.24, 2.45) is 0 Å². The first-order valence-corrected chi connectivity index (χ1v) is 13.7. The zero-order valence-corrected chi connectivity index (χ0v) is 21.2. The number of ether oxygens (including phenoxy) is 1. The first-order chi connectivity index (χ1) is 15.8. The Hall–Kier alpha value is -2.04. The molecule has 2 aliphatic rings. The molecule has 4 rings (SSSR count). The molecule has 0 saturated carbocycles. The average molecular weight is 545 g/mol. The van der Waals surface area contributed by atoms with Gasteiger partial charge in [-0.25, -0.2) is 14.0 Å². The maximum absolute atomic E-state index is 13.2. The van der Waals surface area contributed by atoms with Gasteiger partial charge in [0.1, 0.15) is 33.0 Å². The van der Waals surface area contributed by atoms with E-state index < -0.39 is 28.9 Å².